The Kier molecular flexibility index (Phi) is 5.36. The summed E-state index contributed by atoms with van der Waals surface area (Å²) >= 11 is 6.36. The molecule has 2 N–H and O–H groups in total. The van der Waals surface area contributed by atoms with Gasteiger partial charge in [0.1, 0.15) is 0 Å². The number of carbonyl (C=O) groups excluding carboxylic acids is 1. The minimum absolute atomic E-state index is 0.0720. The number of amides is 2. The molecule has 2 amide bonds. The van der Waals surface area contributed by atoms with E-state index in [1.807, 2.05) is 29.0 Å². The van der Waals surface area contributed by atoms with Crippen LogP contribution < -0.4 is 5.32 Å². The van der Waals surface area contributed by atoms with Crippen molar-refractivity contribution in [3.8, 4) is 0 Å². The van der Waals surface area contributed by atoms with Gasteiger partial charge < -0.3 is 15.0 Å². The third kappa shape index (κ3) is 3.83. The van der Waals surface area contributed by atoms with E-state index in [9.17, 15) is 14.7 Å². The molecule has 6 nitrogen and oxygen atoms in total. The van der Waals surface area contributed by atoms with Crippen molar-refractivity contribution in [3.63, 3.8) is 0 Å². The number of nitrogens with zero attached hydrogens (tertiary/aromatic N) is 2. The molecule has 1 aromatic carbocycles. The molecular weight excluding hydrogens is 378 g/mol. The van der Waals surface area contributed by atoms with E-state index in [1.54, 1.807) is 4.90 Å². The van der Waals surface area contributed by atoms with Crippen molar-refractivity contribution in [2.75, 3.05) is 6.54 Å². The van der Waals surface area contributed by atoms with Gasteiger partial charge in [0.2, 0.25) is 5.91 Å². The number of benzene rings is 1. The van der Waals surface area contributed by atoms with Gasteiger partial charge in [-0.25, -0.2) is 4.79 Å². The van der Waals surface area contributed by atoms with Gasteiger partial charge in [-0.1, -0.05) is 44.5 Å². The molecule has 1 aliphatic rings. The molecule has 3 rings (SSSR count). The van der Waals surface area contributed by atoms with Crippen molar-refractivity contribution >= 4 is 34.5 Å². The van der Waals surface area contributed by atoms with E-state index in [-0.39, 0.29) is 16.9 Å². The maximum atomic E-state index is 12.0. The first-order valence-electron chi connectivity index (χ1n) is 9.57. The highest BCUT2D eigenvalue weighted by Crippen LogP contribution is 2.54. The van der Waals surface area contributed by atoms with Gasteiger partial charge >= 0.3 is 6.09 Å². The third-order valence-electron chi connectivity index (χ3n) is 5.83. The zero-order valence-corrected chi connectivity index (χ0v) is 17.6. The molecule has 1 fully saturated rings. The number of nitrogens with one attached hydrogen (secondary N) is 1. The van der Waals surface area contributed by atoms with Crippen LogP contribution in [-0.4, -0.2) is 38.7 Å². The fraction of sp³-hybridized carbons (Fsp3) is 0.524. The van der Waals surface area contributed by atoms with Crippen molar-refractivity contribution in [2.45, 2.75) is 59.2 Å². The SMILES string of the molecule is CC(=O)NCCn1cc(Cl)c2ccc(CN(C(=O)O)C3(C(C)(C)C)CC3)cc21. The number of fused-ring (bicyclic) bond motifs is 1. The second-order valence-electron chi connectivity index (χ2n) is 8.66. The summed E-state index contributed by atoms with van der Waals surface area (Å²) in [5.41, 5.74) is 1.45. The first kappa shape index (κ1) is 20.5. The minimum Gasteiger partial charge on any atom is -0.465 e. The lowest BCUT2D eigenvalue weighted by Gasteiger charge is -2.39. The summed E-state index contributed by atoms with van der Waals surface area (Å²) in [6.45, 7) is 9.25. The molecule has 0 atom stereocenters. The molecular formula is C21H28ClN3O3. The highest BCUT2D eigenvalue weighted by Gasteiger charge is 2.57. The fourth-order valence-corrected chi connectivity index (χ4v) is 4.33. The molecule has 0 unspecified atom stereocenters. The Labute approximate surface area is 170 Å². The summed E-state index contributed by atoms with van der Waals surface area (Å²) in [6, 6.07) is 5.89. The lowest BCUT2D eigenvalue weighted by Crippen LogP contribution is -2.48. The van der Waals surface area contributed by atoms with Crippen LogP contribution in [0.5, 0.6) is 0 Å². The zero-order valence-electron chi connectivity index (χ0n) is 16.9. The Morgan fingerprint density at radius 2 is 2.00 bits per heavy atom. The summed E-state index contributed by atoms with van der Waals surface area (Å²) in [5.74, 6) is -0.0720. The van der Waals surface area contributed by atoms with Crippen LogP contribution in [0.3, 0.4) is 0 Å². The maximum absolute atomic E-state index is 12.0. The molecule has 7 heteroatoms. The molecule has 152 valence electrons. The molecule has 0 saturated heterocycles. The molecule has 1 aliphatic carbocycles. The normalized spacial score (nSPS) is 15.5. The summed E-state index contributed by atoms with van der Waals surface area (Å²) in [5, 5.41) is 14.2. The maximum Gasteiger partial charge on any atom is 0.408 e. The lowest BCUT2D eigenvalue weighted by molar-refractivity contribution is -0.118. The van der Waals surface area contributed by atoms with E-state index < -0.39 is 6.09 Å². The molecule has 1 heterocycles. The minimum atomic E-state index is -0.883. The number of carboxylic acid groups (broad SMARTS) is 1. The van der Waals surface area contributed by atoms with E-state index in [0.29, 0.717) is 24.7 Å². The Balaban J connectivity index is 1.88. The largest absolute Gasteiger partial charge is 0.465 e. The number of rotatable bonds is 6. The average molecular weight is 406 g/mol. The summed E-state index contributed by atoms with van der Waals surface area (Å²) in [6.07, 6.45) is 2.75. The quantitative estimate of drug-likeness (QED) is 0.743. The van der Waals surface area contributed by atoms with Crippen LogP contribution in [0.4, 0.5) is 4.79 Å². The smallest absolute Gasteiger partial charge is 0.408 e. The Morgan fingerprint density at radius 1 is 1.32 bits per heavy atom. The summed E-state index contributed by atoms with van der Waals surface area (Å²) < 4.78 is 2.00. The summed E-state index contributed by atoms with van der Waals surface area (Å²) in [7, 11) is 0. The monoisotopic (exact) mass is 405 g/mol. The van der Waals surface area contributed by atoms with Crippen LogP contribution in [-0.2, 0) is 17.9 Å². The molecule has 0 radical (unpaired) electrons. The van der Waals surface area contributed by atoms with E-state index in [2.05, 4.69) is 26.1 Å². The third-order valence-corrected chi connectivity index (χ3v) is 6.13. The molecule has 0 spiro atoms. The first-order chi connectivity index (χ1) is 13.0. The average Bonchev–Trinajstić information content (AvgIpc) is 3.34. The topological polar surface area (TPSA) is 74.6 Å². The number of carbonyl (C=O) groups is 2. The Hall–Kier alpha value is -2.21. The lowest BCUT2D eigenvalue weighted by atomic mass is 9.83. The van der Waals surface area contributed by atoms with E-state index in [1.165, 1.54) is 6.92 Å². The van der Waals surface area contributed by atoms with Gasteiger partial charge in [0.25, 0.3) is 0 Å². The van der Waals surface area contributed by atoms with Crippen LogP contribution in [0.2, 0.25) is 5.02 Å². The molecule has 0 bridgehead atoms. The fourth-order valence-electron chi connectivity index (χ4n) is 4.06. The van der Waals surface area contributed by atoms with Gasteiger partial charge in [-0.05, 0) is 29.9 Å². The van der Waals surface area contributed by atoms with Crippen molar-refractivity contribution in [1.82, 2.24) is 14.8 Å². The van der Waals surface area contributed by atoms with Gasteiger partial charge in [0, 0.05) is 43.7 Å². The van der Waals surface area contributed by atoms with Crippen molar-refractivity contribution < 1.29 is 14.7 Å². The van der Waals surface area contributed by atoms with Gasteiger partial charge in [0.15, 0.2) is 0 Å². The van der Waals surface area contributed by atoms with Gasteiger partial charge in [-0.15, -0.1) is 0 Å². The van der Waals surface area contributed by atoms with Crippen molar-refractivity contribution in [1.29, 1.82) is 0 Å². The van der Waals surface area contributed by atoms with Gasteiger partial charge in [0.05, 0.1) is 10.6 Å². The number of aromatic nitrogens is 1. The highest BCUT2D eigenvalue weighted by atomic mass is 35.5. The summed E-state index contributed by atoms with van der Waals surface area (Å²) in [4.78, 5) is 24.7. The zero-order chi connectivity index (χ0) is 20.7. The first-order valence-corrected chi connectivity index (χ1v) is 9.95. The van der Waals surface area contributed by atoms with Crippen molar-refractivity contribution in [2.24, 2.45) is 5.41 Å². The molecule has 2 aromatic rings. The highest BCUT2D eigenvalue weighted by molar-refractivity contribution is 6.35. The van der Waals surface area contributed by atoms with E-state index in [4.69, 9.17) is 11.6 Å². The number of halogens is 1. The van der Waals surface area contributed by atoms with E-state index in [0.717, 1.165) is 29.3 Å². The van der Waals surface area contributed by atoms with E-state index >= 15 is 0 Å². The number of hydrogen-bond donors (Lipinski definition) is 2. The van der Waals surface area contributed by atoms with Crippen LogP contribution in [0, 0.1) is 5.41 Å². The molecule has 0 aliphatic heterocycles. The van der Waals surface area contributed by atoms with Crippen LogP contribution >= 0.6 is 11.6 Å². The van der Waals surface area contributed by atoms with Gasteiger partial charge in [-0.3, -0.25) is 9.69 Å². The Bertz CT molecular complexity index is 909. The molecule has 28 heavy (non-hydrogen) atoms. The van der Waals surface area contributed by atoms with Crippen LogP contribution in [0.1, 0.15) is 46.1 Å². The van der Waals surface area contributed by atoms with Crippen LogP contribution in [0.15, 0.2) is 24.4 Å². The second kappa shape index (κ2) is 7.32. The molecule has 1 aromatic heterocycles. The predicted molar refractivity (Wildman–Crippen MR) is 111 cm³/mol. The number of hydrogen-bond acceptors (Lipinski definition) is 2. The molecule has 1 saturated carbocycles. The Morgan fingerprint density at radius 3 is 2.54 bits per heavy atom. The van der Waals surface area contributed by atoms with Crippen molar-refractivity contribution in [3.05, 3.63) is 35.0 Å². The van der Waals surface area contributed by atoms with Gasteiger partial charge in [-0.2, -0.15) is 0 Å². The van der Waals surface area contributed by atoms with Crippen LogP contribution in [0.25, 0.3) is 10.9 Å². The standard InChI is InChI=1S/C21H28ClN3O3/c1-14(26)23-9-10-24-13-17(22)16-6-5-15(11-18(16)24)12-25(19(27)28)21(7-8-21)20(2,3)4/h5-6,11,13H,7-10,12H2,1-4H3,(H,23,26)(H,27,28). The second-order valence-corrected chi connectivity index (χ2v) is 9.06. The predicted octanol–water partition coefficient (Wildman–Crippen LogP) is 4.49.